The van der Waals surface area contributed by atoms with Crippen LogP contribution in [0.4, 0.5) is 4.79 Å². The topological polar surface area (TPSA) is 79.2 Å². The van der Waals surface area contributed by atoms with Crippen molar-refractivity contribution in [2.24, 2.45) is 0 Å². The van der Waals surface area contributed by atoms with Crippen LogP contribution in [0.5, 0.6) is 0 Å². The Balaban J connectivity index is 1.83. The number of aliphatic hydroxyl groups is 1. The van der Waals surface area contributed by atoms with Crippen molar-refractivity contribution in [2.75, 3.05) is 6.54 Å². The summed E-state index contributed by atoms with van der Waals surface area (Å²) in [5.74, 6) is 0. The molecule has 0 aliphatic heterocycles. The predicted molar refractivity (Wildman–Crippen MR) is 80.1 cm³/mol. The van der Waals surface area contributed by atoms with Crippen molar-refractivity contribution >= 4 is 6.03 Å². The third-order valence-corrected chi connectivity index (χ3v) is 2.98. The van der Waals surface area contributed by atoms with Gasteiger partial charge in [-0.25, -0.2) is 9.48 Å². The lowest BCUT2D eigenvalue weighted by Crippen LogP contribution is -2.36. The Labute approximate surface area is 123 Å². The molecule has 0 spiro atoms. The van der Waals surface area contributed by atoms with Crippen LogP contribution in [-0.2, 0) is 6.54 Å². The summed E-state index contributed by atoms with van der Waals surface area (Å²) >= 11 is 0. The maximum absolute atomic E-state index is 11.6. The van der Waals surface area contributed by atoms with Crippen LogP contribution in [-0.4, -0.2) is 33.6 Å². The monoisotopic (exact) mass is 288 g/mol. The maximum atomic E-state index is 11.6. The van der Waals surface area contributed by atoms with Crippen LogP contribution in [0.1, 0.15) is 18.9 Å². The first-order chi connectivity index (χ1) is 10.1. The fourth-order valence-electron chi connectivity index (χ4n) is 1.87. The van der Waals surface area contributed by atoms with E-state index in [1.165, 1.54) is 0 Å². The molecule has 0 saturated carbocycles. The highest BCUT2D eigenvalue weighted by Crippen LogP contribution is 2.09. The highest BCUT2D eigenvalue weighted by molar-refractivity contribution is 5.73. The van der Waals surface area contributed by atoms with E-state index in [0.717, 1.165) is 11.3 Å². The van der Waals surface area contributed by atoms with Crippen LogP contribution in [0.2, 0.25) is 0 Å². The molecule has 2 aromatic rings. The Morgan fingerprint density at radius 2 is 2.24 bits per heavy atom. The number of rotatable bonds is 6. The summed E-state index contributed by atoms with van der Waals surface area (Å²) in [6, 6.07) is 9.44. The third kappa shape index (κ3) is 4.92. The summed E-state index contributed by atoms with van der Waals surface area (Å²) < 4.78 is 1.77. The highest BCUT2D eigenvalue weighted by atomic mass is 16.3. The maximum Gasteiger partial charge on any atom is 0.315 e. The molecule has 0 fully saturated rings. The standard InChI is InChI=1S/C15H20N4O2/c1-12(20)6-8-16-15(21)17-11-13-4-2-5-14(10-13)19-9-3-7-18-19/h2-5,7,9-10,12,20H,6,8,11H2,1H3,(H2,16,17,21). The summed E-state index contributed by atoms with van der Waals surface area (Å²) in [6.07, 6.45) is 3.73. The predicted octanol–water partition coefficient (Wildman–Crippen LogP) is 1.44. The number of carbonyl (C=O) groups excluding carboxylic acids is 1. The molecule has 21 heavy (non-hydrogen) atoms. The zero-order valence-corrected chi connectivity index (χ0v) is 12.0. The smallest absolute Gasteiger partial charge is 0.315 e. The molecule has 3 N–H and O–H groups in total. The van der Waals surface area contributed by atoms with Crippen molar-refractivity contribution in [3.05, 3.63) is 48.3 Å². The number of hydrogen-bond acceptors (Lipinski definition) is 3. The number of aromatic nitrogens is 2. The van der Waals surface area contributed by atoms with E-state index >= 15 is 0 Å². The van der Waals surface area contributed by atoms with Crippen molar-refractivity contribution in [3.63, 3.8) is 0 Å². The first kappa shape index (κ1) is 15.1. The number of urea groups is 1. The molecule has 1 atom stereocenters. The molecule has 1 heterocycles. The molecule has 0 aliphatic rings. The minimum atomic E-state index is -0.406. The quantitative estimate of drug-likeness (QED) is 0.752. The molecule has 1 aromatic heterocycles. The average Bonchev–Trinajstić information content (AvgIpc) is 2.99. The van der Waals surface area contributed by atoms with E-state index in [9.17, 15) is 4.79 Å². The largest absolute Gasteiger partial charge is 0.393 e. The molecule has 1 aromatic carbocycles. The first-order valence-electron chi connectivity index (χ1n) is 6.94. The van der Waals surface area contributed by atoms with Gasteiger partial charge in [0.05, 0.1) is 11.8 Å². The van der Waals surface area contributed by atoms with Gasteiger partial charge in [0.2, 0.25) is 0 Å². The number of nitrogens with zero attached hydrogens (tertiary/aromatic N) is 2. The van der Waals surface area contributed by atoms with Gasteiger partial charge >= 0.3 is 6.03 Å². The van der Waals surface area contributed by atoms with E-state index in [1.807, 2.05) is 36.5 Å². The summed E-state index contributed by atoms with van der Waals surface area (Å²) in [7, 11) is 0. The second-order valence-corrected chi connectivity index (χ2v) is 4.87. The first-order valence-corrected chi connectivity index (χ1v) is 6.94. The molecule has 0 bridgehead atoms. The second kappa shape index (κ2) is 7.44. The molecule has 0 saturated heterocycles. The van der Waals surface area contributed by atoms with Gasteiger partial charge in [0.1, 0.15) is 0 Å². The van der Waals surface area contributed by atoms with Gasteiger partial charge in [-0.15, -0.1) is 0 Å². The van der Waals surface area contributed by atoms with Gasteiger partial charge in [-0.2, -0.15) is 5.10 Å². The second-order valence-electron chi connectivity index (χ2n) is 4.87. The summed E-state index contributed by atoms with van der Waals surface area (Å²) in [6.45, 7) is 2.59. The van der Waals surface area contributed by atoms with E-state index in [0.29, 0.717) is 19.5 Å². The van der Waals surface area contributed by atoms with Crippen molar-refractivity contribution < 1.29 is 9.90 Å². The molecule has 0 radical (unpaired) electrons. The Morgan fingerprint density at radius 3 is 2.95 bits per heavy atom. The summed E-state index contributed by atoms with van der Waals surface area (Å²) in [5.41, 5.74) is 1.95. The normalized spacial score (nSPS) is 11.9. The number of aliphatic hydroxyl groups excluding tert-OH is 1. The van der Waals surface area contributed by atoms with Crippen molar-refractivity contribution in [1.29, 1.82) is 0 Å². The van der Waals surface area contributed by atoms with Crippen LogP contribution in [0, 0.1) is 0 Å². The minimum absolute atomic E-state index is 0.236. The molecule has 0 aliphatic carbocycles. The fourth-order valence-corrected chi connectivity index (χ4v) is 1.87. The van der Waals surface area contributed by atoms with E-state index in [-0.39, 0.29) is 6.03 Å². The third-order valence-electron chi connectivity index (χ3n) is 2.98. The minimum Gasteiger partial charge on any atom is -0.393 e. The van der Waals surface area contributed by atoms with Gasteiger partial charge in [0.15, 0.2) is 0 Å². The molecule has 2 rings (SSSR count). The van der Waals surface area contributed by atoms with Gasteiger partial charge in [-0.1, -0.05) is 12.1 Å². The number of amides is 2. The molecular weight excluding hydrogens is 268 g/mol. The molecule has 1 unspecified atom stereocenters. The lowest BCUT2D eigenvalue weighted by atomic mass is 10.2. The van der Waals surface area contributed by atoms with Crippen LogP contribution in [0.15, 0.2) is 42.7 Å². The molecular formula is C15H20N4O2. The van der Waals surface area contributed by atoms with Gasteiger partial charge in [-0.3, -0.25) is 0 Å². The number of hydrogen-bond donors (Lipinski definition) is 3. The van der Waals surface area contributed by atoms with Crippen molar-refractivity contribution in [2.45, 2.75) is 26.0 Å². The zero-order chi connectivity index (χ0) is 15.1. The van der Waals surface area contributed by atoms with Gasteiger partial charge in [0.25, 0.3) is 0 Å². The lowest BCUT2D eigenvalue weighted by molar-refractivity contribution is 0.183. The van der Waals surface area contributed by atoms with Crippen LogP contribution in [0.25, 0.3) is 5.69 Å². The van der Waals surface area contributed by atoms with Crippen LogP contribution >= 0.6 is 0 Å². The summed E-state index contributed by atoms with van der Waals surface area (Å²) in [4.78, 5) is 11.6. The lowest BCUT2D eigenvalue weighted by Gasteiger charge is -2.09. The van der Waals surface area contributed by atoms with Crippen molar-refractivity contribution in [3.8, 4) is 5.69 Å². The molecule has 6 nitrogen and oxygen atoms in total. The van der Waals surface area contributed by atoms with E-state index in [4.69, 9.17) is 5.11 Å². The van der Waals surface area contributed by atoms with Gasteiger partial charge in [0, 0.05) is 25.5 Å². The Hall–Kier alpha value is -2.34. The average molecular weight is 288 g/mol. The van der Waals surface area contributed by atoms with E-state index in [1.54, 1.807) is 17.8 Å². The molecule has 2 amide bonds. The Morgan fingerprint density at radius 1 is 1.38 bits per heavy atom. The fraction of sp³-hybridized carbons (Fsp3) is 0.333. The summed E-state index contributed by atoms with van der Waals surface area (Å²) in [5, 5.41) is 18.8. The van der Waals surface area contributed by atoms with Crippen LogP contribution < -0.4 is 10.6 Å². The van der Waals surface area contributed by atoms with Gasteiger partial charge < -0.3 is 15.7 Å². The van der Waals surface area contributed by atoms with Crippen LogP contribution in [0.3, 0.4) is 0 Å². The highest BCUT2D eigenvalue weighted by Gasteiger charge is 2.03. The van der Waals surface area contributed by atoms with Crippen molar-refractivity contribution in [1.82, 2.24) is 20.4 Å². The van der Waals surface area contributed by atoms with E-state index in [2.05, 4.69) is 15.7 Å². The Bertz CT molecular complexity index is 567. The number of benzene rings is 1. The SMILES string of the molecule is CC(O)CCNC(=O)NCc1cccc(-n2cccn2)c1. The van der Waals surface area contributed by atoms with Gasteiger partial charge in [-0.05, 0) is 37.1 Å². The Kier molecular flexibility index (Phi) is 5.34. The molecule has 112 valence electrons. The molecule has 6 heteroatoms. The number of carbonyl (C=O) groups is 1. The zero-order valence-electron chi connectivity index (χ0n) is 12.0. The van der Waals surface area contributed by atoms with E-state index < -0.39 is 6.10 Å². The number of nitrogens with one attached hydrogen (secondary N) is 2.